The molecular formula is C28H41FN2O7. The van der Waals surface area contributed by atoms with Crippen LogP contribution in [-0.4, -0.2) is 60.8 Å². The average molecular weight is 537 g/mol. The van der Waals surface area contributed by atoms with Crippen LogP contribution in [0.5, 0.6) is 5.75 Å². The molecule has 2 rings (SSSR count). The van der Waals surface area contributed by atoms with Crippen molar-refractivity contribution in [3.8, 4) is 5.75 Å². The van der Waals surface area contributed by atoms with Gasteiger partial charge in [-0.15, -0.1) is 0 Å². The summed E-state index contributed by atoms with van der Waals surface area (Å²) < 4.78 is 31.0. The summed E-state index contributed by atoms with van der Waals surface area (Å²) in [6.45, 7) is 7.11. The van der Waals surface area contributed by atoms with Gasteiger partial charge in [-0.3, -0.25) is 4.79 Å². The van der Waals surface area contributed by atoms with Crippen molar-refractivity contribution in [3.63, 3.8) is 0 Å². The molecule has 0 radical (unpaired) electrons. The number of fused-ring (bicyclic) bond motifs is 2. The molecule has 0 aliphatic carbocycles. The minimum Gasteiger partial charge on any atom is -0.505 e. The van der Waals surface area contributed by atoms with E-state index in [-0.39, 0.29) is 23.3 Å². The zero-order valence-corrected chi connectivity index (χ0v) is 23.0. The van der Waals surface area contributed by atoms with E-state index in [0.29, 0.717) is 42.4 Å². The Kier molecular flexibility index (Phi) is 11.7. The van der Waals surface area contributed by atoms with Crippen molar-refractivity contribution in [2.24, 2.45) is 17.6 Å². The molecule has 0 aromatic heterocycles. The molecule has 1 aliphatic heterocycles. The van der Waals surface area contributed by atoms with E-state index in [1.54, 1.807) is 26.0 Å². The molecule has 212 valence electrons. The highest BCUT2D eigenvalue weighted by Crippen LogP contribution is 2.33. The summed E-state index contributed by atoms with van der Waals surface area (Å²) in [5.74, 6) is -1.79. The smallest absolute Gasteiger partial charge is 0.405 e. The highest BCUT2D eigenvalue weighted by atomic mass is 19.1. The molecule has 0 saturated carbocycles. The van der Waals surface area contributed by atoms with Crippen LogP contribution in [-0.2, 0) is 25.4 Å². The van der Waals surface area contributed by atoms with Crippen LogP contribution in [0.1, 0.15) is 52.5 Å². The standard InChI is InChI=1S/C28H41FN2O7/c1-15-10-19-13-20(29)14-21(25(19)33)31-27(34)16(2)8-7-9-22(36-5)26(38-28(30)35)18(4)12-17(3)24(32)23(11-15)37-6/h8,12-15,17,22-24,26,32-33H,7,9-11H2,1-6H3,(H2,30,35)(H,31,34)/b16-8+,18-12+/t15-,17+,22+,23+,24-,26+/m1/s1. The number of nitrogens with one attached hydrogen (secondary N) is 1. The first kappa shape index (κ1) is 31.3. The summed E-state index contributed by atoms with van der Waals surface area (Å²) in [4.78, 5) is 24.4. The number of carbonyl (C=O) groups excluding carboxylic acids is 2. The second kappa shape index (κ2) is 14.3. The van der Waals surface area contributed by atoms with Gasteiger partial charge in [0, 0.05) is 31.8 Å². The lowest BCUT2D eigenvalue weighted by Gasteiger charge is -2.30. The summed E-state index contributed by atoms with van der Waals surface area (Å²) in [6.07, 6.45) is 1.15. The van der Waals surface area contributed by atoms with Gasteiger partial charge in [-0.2, -0.15) is 0 Å². The van der Waals surface area contributed by atoms with Gasteiger partial charge in [0.25, 0.3) is 5.91 Å². The number of amides is 2. The fourth-order valence-electron chi connectivity index (χ4n) is 4.84. The van der Waals surface area contributed by atoms with E-state index in [0.717, 1.165) is 6.07 Å². The number of aromatic hydroxyl groups is 1. The molecule has 6 atom stereocenters. The molecule has 1 aromatic carbocycles. The molecule has 1 heterocycles. The topological polar surface area (TPSA) is 140 Å². The van der Waals surface area contributed by atoms with Gasteiger partial charge in [0.1, 0.15) is 11.6 Å². The maximum absolute atomic E-state index is 14.4. The maximum atomic E-state index is 14.4. The minimum atomic E-state index is -0.958. The van der Waals surface area contributed by atoms with Gasteiger partial charge in [0.15, 0.2) is 6.10 Å². The van der Waals surface area contributed by atoms with E-state index in [1.165, 1.54) is 20.3 Å². The van der Waals surface area contributed by atoms with Crippen LogP contribution in [0.25, 0.3) is 0 Å². The number of methoxy groups -OCH3 is 2. The van der Waals surface area contributed by atoms with Gasteiger partial charge in [-0.05, 0) is 62.7 Å². The Bertz CT molecular complexity index is 1040. The number of rotatable bonds is 3. The Morgan fingerprint density at radius 2 is 1.82 bits per heavy atom. The number of nitrogens with two attached hydrogens (primary N) is 1. The molecule has 9 nitrogen and oxygen atoms in total. The van der Waals surface area contributed by atoms with E-state index in [2.05, 4.69) is 5.32 Å². The van der Waals surface area contributed by atoms with Crippen LogP contribution >= 0.6 is 0 Å². The molecule has 2 amide bonds. The number of aliphatic hydroxyl groups excluding tert-OH is 1. The van der Waals surface area contributed by atoms with Crippen molar-refractivity contribution in [1.82, 2.24) is 0 Å². The van der Waals surface area contributed by atoms with Gasteiger partial charge < -0.3 is 35.5 Å². The summed E-state index contributed by atoms with van der Waals surface area (Å²) in [6, 6.07) is 2.31. The molecule has 0 fully saturated rings. The van der Waals surface area contributed by atoms with Crippen LogP contribution < -0.4 is 11.1 Å². The van der Waals surface area contributed by atoms with Crippen LogP contribution in [0, 0.1) is 17.7 Å². The number of hydrogen-bond donors (Lipinski definition) is 4. The molecular weight excluding hydrogens is 495 g/mol. The highest BCUT2D eigenvalue weighted by molar-refractivity contribution is 6.04. The number of hydrogen-bond acceptors (Lipinski definition) is 7. The molecule has 38 heavy (non-hydrogen) atoms. The number of ether oxygens (including phenoxy) is 3. The Morgan fingerprint density at radius 1 is 1.16 bits per heavy atom. The number of phenols is 1. The van der Waals surface area contributed by atoms with E-state index < -0.39 is 42.2 Å². The van der Waals surface area contributed by atoms with Gasteiger partial charge in [0.05, 0.1) is 24.0 Å². The highest BCUT2D eigenvalue weighted by Gasteiger charge is 2.30. The largest absolute Gasteiger partial charge is 0.505 e. The predicted octanol–water partition coefficient (Wildman–Crippen LogP) is 4.22. The molecule has 10 heteroatoms. The number of benzene rings is 1. The van der Waals surface area contributed by atoms with Gasteiger partial charge >= 0.3 is 6.09 Å². The van der Waals surface area contributed by atoms with Crippen molar-refractivity contribution < 1.29 is 38.4 Å². The summed E-state index contributed by atoms with van der Waals surface area (Å²) in [5, 5.41) is 24.5. The first-order chi connectivity index (χ1) is 17.9. The molecule has 5 N–H and O–H groups in total. The number of allylic oxidation sites excluding steroid dienone is 1. The number of anilines is 1. The first-order valence-electron chi connectivity index (χ1n) is 12.7. The quantitative estimate of drug-likeness (QED) is 0.335. The normalized spacial score (nSPS) is 30.9. The van der Waals surface area contributed by atoms with E-state index >= 15 is 0 Å². The average Bonchev–Trinajstić information content (AvgIpc) is 2.85. The Balaban J connectivity index is 2.52. The summed E-state index contributed by atoms with van der Waals surface area (Å²) >= 11 is 0. The van der Waals surface area contributed by atoms with Crippen molar-refractivity contribution in [3.05, 3.63) is 46.8 Å². The minimum absolute atomic E-state index is 0.0238. The predicted molar refractivity (Wildman–Crippen MR) is 142 cm³/mol. The van der Waals surface area contributed by atoms with Crippen LogP contribution in [0.15, 0.2) is 35.4 Å². The number of phenolic OH excluding ortho intramolecular Hbond substituents is 1. The van der Waals surface area contributed by atoms with Crippen molar-refractivity contribution >= 4 is 17.7 Å². The molecule has 0 spiro atoms. The molecule has 1 aromatic rings. The Morgan fingerprint density at radius 3 is 2.42 bits per heavy atom. The van der Waals surface area contributed by atoms with Crippen molar-refractivity contribution in [2.75, 3.05) is 19.5 Å². The molecule has 0 unspecified atom stereocenters. The summed E-state index contributed by atoms with van der Waals surface area (Å²) in [5.41, 5.74) is 6.66. The van der Waals surface area contributed by atoms with Gasteiger partial charge in [-0.25, -0.2) is 9.18 Å². The third-order valence-corrected chi connectivity index (χ3v) is 6.95. The number of primary amides is 1. The van der Waals surface area contributed by atoms with E-state index in [4.69, 9.17) is 19.9 Å². The number of halogens is 1. The molecule has 1 aliphatic rings. The molecule has 0 saturated heterocycles. The van der Waals surface area contributed by atoms with Crippen LogP contribution in [0.4, 0.5) is 14.9 Å². The second-order valence-electron chi connectivity index (χ2n) is 10.1. The third-order valence-electron chi connectivity index (χ3n) is 6.95. The zero-order valence-electron chi connectivity index (χ0n) is 23.0. The Hall–Kier alpha value is -2.95. The van der Waals surface area contributed by atoms with Crippen LogP contribution in [0.3, 0.4) is 0 Å². The monoisotopic (exact) mass is 536 g/mol. The van der Waals surface area contributed by atoms with E-state index in [9.17, 15) is 24.2 Å². The first-order valence-corrected chi connectivity index (χ1v) is 12.7. The Labute approximate surface area is 223 Å². The fraction of sp³-hybridized carbons (Fsp3) is 0.571. The number of aliphatic hydroxyl groups is 1. The lowest BCUT2D eigenvalue weighted by atomic mass is 9.88. The lowest BCUT2D eigenvalue weighted by molar-refractivity contribution is -0.112. The maximum Gasteiger partial charge on any atom is 0.405 e. The van der Waals surface area contributed by atoms with Crippen molar-refractivity contribution in [2.45, 2.75) is 77.8 Å². The SMILES string of the molecule is CO[C@H]1C[C@H](C)Cc2cc(F)cc(c2O)NC(=O)/C(C)=C/CC[C@H](OC)[C@@H](OC(N)=O)/C(C)=C/[C@H](C)[C@H]1O. The second-order valence-corrected chi connectivity index (χ2v) is 10.1. The van der Waals surface area contributed by atoms with E-state index in [1.807, 2.05) is 13.8 Å². The lowest BCUT2D eigenvalue weighted by Crippen LogP contribution is -2.37. The summed E-state index contributed by atoms with van der Waals surface area (Å²) in [7, 11) is 2.99. The van der Waals surface area contributed by atoms with Gasteiger partial charge in [0.2, 0.25) is 0 Å². The number of carbonyl (C=O) groups is 2. The van der Waals surface area contributed by atoms with Gasteiger partial charge in [-0.1, -0.05) is 26.0 Å². The fourth-order valence-corrected chi connectivity index (χ4v) is 4.84. The zero-order chi connectivity index (χ0) is 28.6. The third kappa shape index (κ3) is 8.54. The molecule has 2 bridgehead atoms. The van der Waals surface area contributed by atoms with Crippen molar-refractivity contribution in [1.29, 1.82) is 0 Å². The van der Waals surface area contributed by atoms with Crippen LogP contribution in [0.2, 0.25) is 0 Å².